The molecule has 1 unspecified atom stereocenters. The van der Waals surface area contributed by atoms with E-state index < -0.39 is 23.1 Å². The Balaban J connectivity index is 2.57. The van der Waals surface area contributed by atoms with Gasteiger partial charge in [0.1, 0.15) is 5.82 Å². The predicted octanol–water partition coefficient (Wildman–Crippen LogP) is 2.22. The first kappa shape index (κ1) is 17.4. The van der Waals surface area contributed by atoms with E-state index in [9.17, 15) is 13.6 Å². The number of carbonyl (C=O) groups is 1. The normalized spacial score (nSPS) is 13.9. The zero-order chi connectivity index (χ0) is 16.0. The number of ether oxygens (including phenoxy) is 1. The lowest BCUT2D eigenvalue weighted by atomic mass is 9.91. The SMILES string of the molecule is CC(C)CC(C)(CN)NC(=O)COc1ccc(F)cc1F. The van der Waals surface area contributed by atoms with Crippen LogP contribution in [0.4, 0.5) is 8.78 Å². The highest BCUT2D eigenvalue weighted by molar-refractivity contribution is 5.78. The molecule has 1 aromatic carbocycles. The monoisotopic (exact) mass is 300 g/mol. The summed E-state index contributed by atoms with van der Waals surface area (Å²) >= 11 is 0. The maximum atomic E-state index is 13.4. The summed E-state index contributed by atoms with van der Waals surface area (Å²) in [5.74, 6) is -1.73. The van der Waals surface area contributed by atoms with Crippen molar-refractivity contribution in [2.75, 3.05) is 13.2 Å². The first-order valence-electron chi connectivity index (χ1n) is 6.84. The van der Waals surface area contributed by atoms with Gasteiger partial charge in [0, 0.05) is 18.2 Å². The largest absolute Gasteiger partial charge is 0.481 e. The fourth-order valence-electron chi connectivity index (χ4n) is 2.19. The highest BCUT2D eigenvalue weighted by atomic mass is 19.1. The summed E-state index contributed by atoms with van der Waals surface area (Å²) in [6.07, 6.45) is 0.722. The van der Waals surface area contributed by atoms with Gasteiger partial charge in [0.2, 0.25) is 0 Å². The summed E-state index contributed by atoms with van der Waals surface area (Å²) in [5.41, 5.74) is 5.16. The van der Waals surface area contributed by atoms with Crippen molar-refractivity contribution in [3.63, 3.8) is 0 Å². The molecule has 118 valence electrons. The maximum Gasteiger partial charge on any atom is 0.258 e. The Hall–Kier alpha value is -1.69. The molecule has 21 heavy (non-hydrogen) atoms. The zero-order valence-corrected chi connectivity index (χ0v) is 12.6. The van der Waals surface area contributed by atoms with Crippen LogP contribution in [0.5, 0.6) is 5.75 Å². The Labute approximate surface area is 123 Å². The molecule has 0 fully saturated rings. The average Bonchev–Trinajstić information content (AvgIpc) is 2.36. The molecule has 0 bridgehead atoms. The number of nitrogens with one attached hydrogen (secondary N) is 1. The van der Waals surface area contributed by atoms with Gasteiger partial charge in [-0.3, -0.25) is 4.79 Å². The smallest absolute Gasteiger partial charge is 0.258 e. The summed E-state index contributed by atoms with van der Waals surface area (Å²) in [6.45, 7) is 5.86. The molecule has 1 amide bonds. The van der Waals surface area contributed by atoms with Gasteiger partial charge in [-0.05, 0) is 31.4 Å². The van der Waals surface area contributed by atoms with Gasteiger partial charge in [0.25, 0.3) is 5.91 Å². The second-order valence-electron chi connectivity index (χ2n) is 5.77. The van der Waals surface area contributed by atoms with Crippen LogP contribution >= 0.6 is 0 Å². The van der Waals surface area contributed by atoms with Crippen LogP contribution in [-0.4, -0.2) is 24.6 Å². The molecule has 1 atom stereocenters. The number of hydrogen-bond acceptors (Lipinski definition) is 3. The van der Waals surface area contributed by atoms with Crippen LogP contribution in [0.3, 0.4) is 0 Å². The minimum atomic E-state index is -0.841. The molecule has 0 aliphatic heterocycles. The Bertz CT molecular complexity index is 495. The summed E-state index contributed by atoms with van der Waals surface area (Å²) in [7, 11) is 0. The van der Waals surface area contributed by atoms with Gasteiger partial charge in [-0.25, -0.2) is 8.78 Å². The summed E-state index contributed by atoms with van der Waals surface area (Å²) < 4.78 is 31.2. The molecule has 4 nitrogen and oxygen atoms in total. The Morgan fingerprint density at radius 3 is 2.62 bits per heavy atom. The minimum absolute atomic E-state index is 0.162. The average molecular weight is 300 g/mol. The number of benzene rings is 1. The van der Waals surface area contributed by atoms with Crippen LogP contribution in [0.25, 0.3) is 0 Å². The molecule has 0 heterocycles. The van der Waals surface area contributed by atoms with Crippen molar-refractivity contribution in [2.24, 2.45) is 11.7 Å². The van der Waals surface area contributed by atoms with Crippen LogP contribution in [0.2, 0.25) is 0 Å². The number of rotatable bonds is 7. The van der Waals surface area contributed by atoms with E-state index in [-0.39, 0.29) is 12.4 Å². The molecule has 0 aromatic heterocycles. The molecule has 0 aliphatic carbocycles. The topological polar surface area (TPSA) is 64.3 Å². The van der Waals surface area contributed by atoms with Crippen molar-refractivity contribution in [3.8, 4) is 5.75 Å². The van der Waals surface area contributed by atoms with Crippen LogP contribution in [0.15, 0.2) is 18.2 Å². The summed E-state index contributed by atoms with van der Waals surface area (Å²) in [6, 6.07) is 2.92. The second-order valence-corrected chi connectivity index (χ2v) is 5.77. The van der Waals surface area contributed by atoms with Crippen LogP contribution in [0, 0.1) is 17.6 Å². The van der Waals surface area contributed by atoms with E-state index in [0.717, 1.165) is 18.6 Å². The second kappa shape index (κ2) is 7.36. The van der Waals surface area contributed by atoms with E-state index in [1.807, 2.05) is 20.8 Å². The molecule has 6 heteroatoms. The number of carbonyl (C=O) groups excluding carboxylic acids is 1. The third-order valence-corrected chi connectivity index (χ3v) is 3.00. The standard InChI is InChI=1S/C15H22F2N2O2/c1-10(2)7-15(3,9-18)19-14(20)8-21-13-5-4-11(16)6-12(13)17/h4-6,10H,7-9,18H2,1-3H3,(H,19,20). The Morgan fingerprint density at radius 1 is 1.43 bits per heavy atom. The van der Waals surface area contributed by atoms with Gasteiger partial charge in [0.15, 0.2) is 18.2 Å². The van der Waals surface area contributed by atoms with Gasteiger partial charge >= 0.3 is 0 Å². The highest BCUT2D eigenvalue weighted by Gasteiger charge is 2.26. The van der Waals surface area contributed by atoms with Gasteiger partial charge in [-0.2, -0.15) is 0 Å². The van der Waals surface area contributed by atoms with Crippen LogP contribution in [0.1, 0.15) is 27.2 Å². The summed E-state index contributed by atoms with van der Waals surface area (Å²) in [5, 5.41) is 2.79. The van der Waals surface area contributed by atoms with Crippen molar-refractivity contribution in [3.05, 3.63) is 29.8 Å². The molecule has 3 N–H and O–H groups in total. The Morgan fingerprint density at radius 2 is 2.10 bits per heavy atom. The Kier molecular flexibility index (Phi) is 6.08. The van der Waals surface area contributed by atoms with E-state index in [2.05, 4.69) is 5.32 Å². The van der Waals surface area contributed by atoms with E-state index in [1.165, 1.54) is 0 Å². The molecule has 0 saturated carbocycles. The molecule has 0 aliphatic rings. The van der Waals surface area contributed by atoms with Gasteiger partial charge in [-0.15, -0.1) is 0 Å². The van der Waals surface area contributed by atoms with E-state index >= 15 is 0 Å². The van der Waals surface area contributed by atoms with E-state index in [4.69, 9.17) is 10.5 Å². The number of hydrogen-bond donors (Lipinski definition) is 2. The molecular formula is C15H22F2N2O2. The third kappa shape index (κ3) is 5.67. The van der Waals surface area contributed by atoms with Crippen molar-refractivity contribution < 1.29 is 18.3 Å². The first-order valence-corrected chi connectivity index (χ1v) is 6.84. The molecule has 0 radical (unpaired) electrons. The molecular weight excluding hydrogens is 278 g/mol. The molecule has 1 aromatic rings. The van der Waals surface area contributed by atoms with Gasteiger partial charge in [-0.1, -0.05) is 13.8 Å². The zero-order valence-electron chi connectivity index (χ0n) is 12.6. The van der Waals surface area contributed by atoms with Crippen LogP contribution < -0.4 is 15.8 Å². The van der Waals surface area contributed by atoms with E-state index in [1.54, 1.807) is 0 Å². The fraction of sp³-hybridized carbons (Fsp3) is 0.533. The van der Waals surface area contributed by atoms with Gasteiger partial charge < -0.3 is 15.8 Å². The number of amides is 1. The lowest BCUT2D eigenvalue weighted by Gasteiger charge is -2.31. The lowest BCUT2D eigenvalue weighted by Crippen LogP contribution is -2.53. The predicted molar refractivity (Wildman–Crippen MR) is 76.9 cm³/mol. The van der Waals surface area contributed by atoms with E-state index in [0.29, 0.717) is 18.5 Å². The summed E-state index contributed by atoms with van der Waals surface area (Å²) in [4.78, 5) is 11.9. The fourth-order valence-corrected chi connectivity index (χ4v) is 2.19. The van der Waals surface area contributed by atoms with Crippen molar-refractivity contribution >= 4 is 5.91 Å². The highest BCUT2D eigenvalue weighted by Crippen LogP contribution is 2.18. The molecule has 1 rings (SSSR count). The number of nitrogens with two attached hydrogens (primary N) is 1. The minimum Gasteiger partial charge on any atom is -0.481 e. The van der Waals surface area contributed by atoms with Crippen molar-refractivity contribution in [1.82, 2.24) is 5.32 Å². The van der Waals surface area contributed by atoms with Crippen molar-refractivity contribution in [1.29, 1.82) is 0 Å². The van der Waals surface area contributed by atoms with Crippen molar-refractivity contribution in [2.45, 2.75) is 32.7 Å². The lowest BCUT2D eigenvalue weighted by molar-refractivity contribution is -0.125. The number of halogens is 2. The molecule has 0 spiro atoms. The maximum absolute atomic E-state index is 13.4. The quantitative estimate of drug-likeness (QED) is 0.811. The third-order valence-electron chi connectivity index (χ3n) is 3.00. The van der Waals surface area contributed by atoms with Gasteiger partial charge in [0.05, 0.1) is 0 Å². The molecule has 0 saturated heterocycles. The first-order chi connectivity index (χ1) is 9.75. The van der Waals surface area contributed by atoms with Crippen LogP contribution in [-0.2, 0) is 4.79 Å².